The molecule has 1 fully saturated rings. The fourth-order valence-corrected chi connectivity index (χ4v) is 2.95. The molecule has 4 heteroatoms. The highest BCUT2D eigenvalue weighted by atomic mass is 35.5. The Balaban J connectivity index is 2.07. The van der Waals surface area contributed by atoms with Crippen LogP contribution in [0.3, 0.4) is 0 Å². The summed E-state index contributed by atoms with van der Waals surface area (Å²) in [7, 11) is 0. The molecule has 20 heavy (non-hydrogen) atoms. The van der Waals surface area contributed by atoms with E-state index in [1.54, 1.807) is 0 Å². The predicted molar refractivity (Wildman–Crippen MR) is 85.7 cm³/mol. The van der Waals surface area contributed by atoms with E-state index >= 15 is 0 Å². The molecule has 1 aromatic carbocycles. The lowest BCUT2D eigenvalue weighted by Crippen LogP contribution is -2.32. The van der Waals surface area contributed by atoms with Gasteiger partial charge in [-0.25, -0.2) is 0 Å². The Kier molecular flexibility index (Phi) is 5.70. The topological polar surface area (TPSA) is 38.5 Å². The molecular formula is C16H25ClN2O. The first kappa shape index (κ1) is 15.6. The molecule has 0 saturated carbocycles. The second-order valence-corrected chi connectivity index (χ2v) is 6.04. The zero-order valence-electron chi connectivity index (χ0n) is 12.4. The second kappa shape index (κ2) is 7.30. The van der Waals surface area contributed by atoms with Crippen molar-refractivity contribution in [3.05, 3.63) is 28.8 Å². The molecule has 112 valence electrons. The van der Waals surface area contributed by atoms with Crippen LogP contribution < -0.4 is 10.6 Å². The summed E-state index contributed by atoms with van der Waals surface area (Å²) in [6, 6.07) is 6.42. The van der Waals surface area contributed by atoms with E-state index in [0.29, 0.717) is 6.10 Å². The van der Waals surface area contributed by atoms with Gasteiger partial charge in [0.1, 0.15) is 0 Å². The van der Waals surface area contributed by atoms with Crippen molar-refractivity contribution in [1.82, 2.24) is 0 Å². The first-order valence-corrected chi connectivity index (χ1v) is 7.88. The van der Waals surface area contributed by atoms with Crippen LogP contribution >= 0.6 is 11.6 Å². The van der Waals surface area contributed by atoms with Crippen molar-refractivity contribution in [3.63, 3.8) is 0 Å². The van der Waals surface area contributed by atoms with Gasteiger partial charge in [-0.15, -0.1) is 0 Å². The van der Waals surface area contributed by atoms with E-state index in [1.165, 1.54) is 12.1 Å². The van der Waals surface area contributed by atoms with Crippen LogP contribution in [0.25, 0.3) is 0 Å². The first-order chi connectivity index (χ1) is 9.60. The fourth-order valence-electron chi connectivity index (χ4n) is 2.70. The maximum absolute atomic E-state index is 6.38. The number of nitrogens with zero attached hydrogens (tertiary/aromatic N) is 1. The van der Waals surface area contributed by atoms with Gasteiger partial charge < -0.3 is 15.4 Å². The minimum Gasteiger partial charge on any atom is -0.376 e. The molecule has 2 atom stereocenters. The number of halogens is 1. The van der Waals surface area contributed by atoms with E-state index in [0.717, 1.165) is 43.1 Å². The zero-order chi connectivity index (χ0) is 14.5. The number of hydrogen-bond acceptors (Lipinski definition) is 3. The van der Waals surface area contributed by atoms with Gasteiger partial charge in [0.05, 0.1) is 6.10 Å². The molecule has 2 rings (SSSR count). The molecule has 0 radical (unpaired) electrons. The molecule has 1 aliphatic rings. The van der Waals surface area contributed by atoms with Crippen LogP contribution in [-0.2, 0) is 11.2 Å². The van der Waals surface area contributed by atoms with Crippen LogP contribution in [0.5, 0.6) is 0 Å². The summed E-state index contributed by atoms with van der Waals surface area (Å²) >= 11 is 6.38. The van der Waals surface area contributed by atoms with E-state index in [-0.39, 0.29) is 6.04 Å². The number of anilines is 1. The molecule has 2 N–H and O–H groups in total. The Morgan fingerprint density at radius 1 is 1.50 bits per heavy atom. The summed E-state index contributed by atoms with van der Waals surface area (Å²) in [6.07, 6.45) is 3.51. The van der Waals surface area contributed by atoms with Gasteiger partial charge in [0.15, 0.2) is 0 Å². The standard InChI is InChI=1S/C16H25ClN2O/c1-3-19(11-15-5-4-8-20-15)14-7-6-13(9-12(2)18)16(17)10-14/h6-7,10,12,15H,3-5,8-9,11,18H2,1-2H3. The highest BCUT2D eigenvalue weighted by molar-refractivity contribution is 6.31. The maximum atomic E-state index is 6.38. The smallest absolute Gasteiger partial charge is 0.0750 e. The Hall–Kier alpha value is -0.770. The van der Waals surface area contributed by atoms with Crippen molar-refractivity contribution in [3.8, 4) is 0 Å². The molecule has 0 amide bonds. The summed E-state index contributed by atoms with van der Waals surface area (Å²) in [5, 5.41) is 0.811. The van der Waals surface area contributed by atoms with E-state index in [1.807, 2.05) is 6.92 Å². The Morgan fingerprint density at radius 2 is 2.30 bits per heavy atom. The van der Waals surface area contributed by atoms with Gasteiger partial charge in [0.2, 0.25) is 0 Å². The molecule has 1 heterocycles. The lowest BCUT2D eigenvalue weighted by atomic mass is 10.1. The summed E-state index contributed by atoms with van der Waals surface area (Å²) < 4.78 is 5.72. The van der Waals surface area contributed by atoms with Gasteiger partial charge in [-0.1, -0.05) is 17.7 Å². The predicted octanol–water partition coefficient (Wildman–Crippen LogP) is 3.24. The van der Waals surface area contributed by atoms with Crippen molar-refractivity contribution in [2.24, 2.45) is 5.73 Å². The highest BCUT2D eigenvalue weighted by Gasteiger charge is 2.19. The Morgan fingerprint density at radius 3 is 2.85 bits per heavy atom. The summed E-state index contributed by atoms with van der Waals surface area (Å²) in [6.45, 7) is 6.97. The number of nitrogens with two attached hydrogens (primary N) is 1. The third kappa shape index (κ3) is 4.11. The van der Waals surface area contributed by atoms with Crippen molar-refractivity contribution < 1.29 is 4.74 Å². The van der Waals surface area contributed by atoms with E-state index in [4.69, 9.17) is 22.1 Å². The largest absolute Gasteiger partial charge is 0.376 e. The van der Waals surface area contributed by atoms with E-state index in [9.17, 15) is 0 Å². The molecule has 0 aliphatic carbocycles. The third-order valence-corrected chi connectivity index (χ3v) is 4.13. The van der Waals surface area contributed by atoms with Gasteiger partial charge in [0.25, 0.3) is 0 Å². The van der Waals surface area contributed by atoms with Crippen LogP contribution in [0, 0.1) is 0 Å². The van der Waals surface area contributed by atoms with Crippen LogP contribution in [0.4, 0.5) is 5.69 Å². The number of rotatable bonds is 6. The van der Waals surface area contributed by atoms with Crippen LogP contribution in [0.2, 0.25) is 5.02 Å². The molecule has 1 aliphatic heterocycles. The summed E-state index contributed by atoms with van der Waals surface area (Å²) in [4.78, 5) is 2.33. The second-order valence-electron chi connectivity index (χ2n) is 5.63. The average molecular weight is 297 g/mol. The molecule has 1 saturated heterocycles. The lowest BCUT2D eigenvalue weighted by molar-refractivity contribution is 0.115. The van der Waals surface area contributed by atoms with Gasteiger partial charge in [0, 0.05) is 36.4 Å². The normalized spacial score (nSPS) is 20.1. The summed E-state index contributed by atoms with van der Waals surface area (Å²) in [5.41, 5.74) is 8.13. The molecule has 0 spiro atoms. The molecule has 0 bridgehead atoms. The van der Waals surface area contributed by atoms with Crippen molar-refractivity contribution in [2.45, 2.75) is 45.3 Å². The lowest BCUT2D eigenvalue weighted by Gasteiger charge is -2.26. The third-order valence-electron chi connectivity index (χ3n) is 3.77. The molecule has 3 nitrogen and oxygen atoms in total. The molecule has 0 aromatic heterocycles. The quantitative estimate of drug-likeness (QED) is 0.876. The van der Waals surface area contributed by atoms with E-state index in [2.05, 4.69) is 30.0 Å². The minimum atomic E-state index is 0.132. The molecule has 1 aromatic rings. The van der Waals surface area contributed by atoms with E-state index < -0.39 is 0 Å². The first-order valence-electron chi connectivity index (χ1n) is 7.50. The number of likely N-dealkylation sites (N-methyl/N-ethyl adjacent to an activating group) is 1. The Labute approximate surface area is 127 Å². The van der Waals surface area contributed by atoms with Crippen LogP contribution in [0.15, 0.2) is 18.2 Å². The highest BCUT2D eigenvalue weighted by Crippen LogP contribution is 2.26. The maximum Gasteiger partial charge on any atom is 0.0750 e. The fraction of sp³-hybridized carbons (Fsp3) is 0.625. The zero-order valence-corrected chi connectivity index (χ0v) is 13.2. The average Bonchev–Trinajstić information content (AvgIpc) is 2.91. The van der Waals surface area contributed by atoms with Gasteiger partial charge in [-0.2, -0.15) is 0 Å². The SMILES string of the molecule is CCN(CC1CCCO1)c1ccc(CC(C)N)c(Cl)c1. The van der Waals surface area contributed by atoms with Gasteiger partial charge in [-0.3, -0.25) is 0 Å². The molecule has 2 unspecified atom stereocenters. The number of ether oxygens (including phenoxy) is 1. The minimum absolute atomic E-state index is 0.132. The van der Waals surface area contributed by atoms with Crippen molar-refractivity contribution in [2.75, 3.05) is 24.6 Å². The number of hydrogen-bond donors (Lipinski definition) is 1. The Bertz CT molecular complexity index is 430. The summed E-state index contributed by atoms with van der Waals surface area (Å²) in [5.74, 6) is 0. The van der Waals surface area contributed by atoms with Crippen molar-refractivity contribution in [1.29, 1.82) is 0 Å². The van der Waals surface area contributed by atoms with Crippen LogP contribution in [-0.4, -0.2) is 31.8 Å². The van der Waals surface area contributed by atoms with Gasteiger partial charge >= 0.3 is 0 Å². The van der Waals surface area contributed by atoms with Crippen LogP contribution in [0.1, 0.15) is 32.3 Å². The van der Waals surface area contributed by atoms with Crippen molar-refractivity contribution >= 4 is 17.3 Å². The monoisotopic (exact) mass is 296 g/mol. The molecular weight excluding hydrogens is 272 g/mol. The number of benzene rings is 1. The van der Waals surface area contributed by atoms with Gasteiger partial charge in [-0.05, 0) is 50.8 Å².